The van der Waals surface area contributed by atoms with E-state index in [1.807, 2.05) is 6.08 Å². The van der Waals surface area contributed by atoms with E-state index >= 15 is 0 Å². The van der Waals surface area contributed by atoms with Crippen LogP contribution in [0.25, 0.3) is 0 Å². The molecule has 1 N–H and O–H groups in total. The summed E-state index contributed by atoms with van der Waals surface area (Å²) in [6.07, 6.45) is 12.0. The lowest BCUT2D eigenvalue weighted by Gasteiger charge is -2.00. The number of unbranched alkanes of at least 4 members (excludes halogenated alkanes) is 5. The Bertz CT molecular complexity index is 258. The molecule has 0 radical (unpaired) electrons. The predicted molar refractivity (Wildman–Crippen MR) is 71.6 cm³/mol. The van der Waals surface area contributed by atoms with E-state index in [9.17, 15) is 9.90 Å². The molecular formula is C15H24O2. The number of rotatable bonds is 9. The van der Waals surface area contributed by atoms with Gasteiger partial charge in [-0.05, 0) is 38.2 Å². The second-order valence-electron chi connectivity index (χ2n) is 4.15. The molecule has 0 aliphatic rings. The number of hydrogen-bond acceptors (Lipinski definition) is 2. The normalized spacial score (nSPS) is 12.1. The molecule has 1 atom stereocenters. The van der Waals surface area contributed by atoms with Gasteiger partial charge in [0.25, 0.3) is 0 Å². The number of carbonyl (C=O) groups is 1. The maximum Gasteiger partial charge on any atom is 0.119 e. The Hall–Kier alpha value is -1.07. The molecule has 2 heteroatoms. The van der Waals surface area contributed by atoms with Crippen molar-refractivity contribution in [3.05, 3.63) is 12.2 Å². The fraction of sp³-hybridized carbons (Fsp3) is 0.667. The van der Waals surface area contributed by atoms with E-state index in [0.717, 1.165) is 44.8 Å². The van der Waals surface area contributed by atoms with Crippen LogP contribution in [0.4, 0.5) is 0 Å². The second-order valence-corrected chi connectivity index (χ2v) is 4.15. The molecule has 0 aromatic carbocycles. The molecule has 2 nitrogen and oxygen atoms in total. The zero-order chi connectivity index (χ0) is 12.8. The molecule has 0 aromatic heterocycles. The molecule has 17 heavy (non-hydrogen) atoms. The molecule has 0 aliphatic carbocycles. The van der Waals surface area contributed by atoms with Gasteiger partial charge in [0.1, 0.15) is 12.4 Å². The molecule has 0 bridgehead atoms. The van der Waals surface area contributed by atoms with Gasteiger partial charge >= 0.3 is 0 Å². The Morgan fingerprint density at radius 2 is 1.94 bits per heavy atom. The van der Waals surface area contributed by atoms with Crippen LogP contribution < -0.4 is 0 Å². The number of aliphatic hydroxyl groups is 1. The molecule has 1 unspecified atom stereocenters. The van der Waals surface area contributed by atoms with Crippen LogP contribution in [0.1, 0.15) is 58.3 Å². The van der Waals surface area contributed by atoms with Gasteiger partial charge in [0, 0.05) is 6.42 Å². The third kappa shape index (κ3) is 12.9. The quantitative estimate of drug-likeness (QED) is 0.379. The van der Waals surface area contributed by atoms with E-state index < -0.39 is 6.10 Å². The molecule has 0 aromatic rings. The van der Waals surface area contributed by atoms with Gasteiger partial charge in [-0.15, -0.1) is 0 Å². The standard InChI is InChI=1S/C15H24O2/c1-2-3-9-12-15(17)13-10-7-5-4-6-8-11-14-16/h5,7,14-15,17H,2-4,6,8-9,11-12H2,1H3/b7-5+. The van der Waals surface area contributed by atoms with Crippen LogP contribution in [0.2, 0.25) is 0 Å². The molecule has 0 spiro atoms. The monoisotopic (exact) mass is 236 g/mol. The van der Waals surface area contributed by atoms with Gasteiger partial charge in [-0.25, -0.2) is 0 Å². The summed E-state index contributed by atoms with van der Waals surface area (Å²) in [6, 6.07) is 0. The lowest BCUT2D eigenvalue weighted by Crippen LogP contribution is -2.01. The first-order valence-corrected chi connectivity index (χ1v) is 6.59. The van der Waals surface area contributed by atoms with Crippen molar-refractivity contribution in [2.75, 3.05) is 0 Å². The minimum Gasteiger partial charge on any atom is -0.380 e. The fourth-order valence-corrected chi connectivity index (χ4v) is 1.44. The van der Waals surface area contributed by atoms with Crippen LogP contribution >= 0.6 is 0 Å². The van der Waals surface area contributed by atoms with Crippen molar-refractivity contribution >= 4 is 6.29 Å². The van der Waals surface area contributed by atoms with E-state index in [0.29, 0.717) is 6.42 Å². The van der Waals surface area contributed by atoms with Gasteiger partial charge in [-0.3, -0.25) is 0 Å². The molecule has 0 saturated heterocycles. The number of allylic oxidation sites excluding steroid dienone is 2. The van der Waals surface area contributed by atoms with Gasteiger partial charge in [0.05, 0.1) is 0 Å². The van der Waals surface area contributed by atoms with Crippen LogP contribution in [0.5, 0.6) is 0 Å². The summed E-state index contributed by atoms with van der Waals surface area (Å²) in [5.41, 5.74) is 0. The summed E-state index contributed by atoms with van der Waals surface area (Å²) in [6.45, 7) is 2.14. The Morgan fingerprint density at radius 1 is 1.18 bits per heavy atom. The summed E-state index contributed by atoms with van der Waals surface area (Å²) >= 11 is 0. The first-order valence-electron chi connectivity index (χ1n) is 6.59. The fourth-order valence-electron chi connectivity index (χ4n) is 1.44. The summed E-state index contributed by atoms with van der Waals surface area (Å²) in [5, 5.41) is 9.50. The summed E-state index contributed by atoms with van der Waals surface area (Å²) in [5.74, 6) is 5.66. The first kappa shape index (κ1) is 15.9. The number of aldehydes is 1. The molecule has 0 rings (SSSR count). The minimum absolute atomic E-state index is 0.485. The highest BCUT2D eigenvalue weighted by molar-refractivity contribution is 5.48. The largest absolute Gasteiger partial charge is 0.380 e. The van der Waals surface area contributed by atoms with Crippen LogP contribution in [-0.2, 0) is 4.79 Å². The first-order chi connectivity index (χ1) is 8.31. The van der Waals surface area contributed by atoms with E-state index in [2.05, 4.69) is 18.8 Å². The minimum atomic E-state index is -0.485. The topological polar surface area (TPSA) is 37.3 Å². The highest BCUT2D eigenvalue weighted by Gasteiger charge is 1.96. The van der Waals surface area contributed by atoms with Gasteiger partial charge < -0.3 is 9.90 Å². The van der Waals surface area contributed by atoms with Crippen molar-refractivity contribution in [1.29, 1.82) is 0 Å². The van der Waals surface area contributed by atoms with Gasteiger partial charge in [-0.2, -0.15) is 0 Å². The van der Waals surface area contributed by atoms with Crippen molar-refractivity contribution in [2.24, 2.45) is 0 Å². The maximum atomic E-state index is 10.1. The summed E-state index contributed by atoms with van der Waals surface area (Å²) < 4.78 is 0. The lowest BCUT2D eigenvalue weighted by atomic mass is 10.1. The Kier molecular flexibility index (Phi) is 12.2. The van der Waals surface area contributed by atoms with Crippen molar-refractivity contribution < 1.29 is 9.90 Å². The number of aliphatic hydroxyl groups excluding tert-OH is 1. The maximum absolute atomic E-state index is 10.1. The van der Waals surface area contributed by atoms with Crippen LogP contribution in [0.3, 0.4) is 0 Å². The van der Waals surface area contributed by atoms with Gasteiger partial charge in [0.2, 0.25) is 0 Å². The third-order valence-corrected chi connectivity index (χ3v) is 2.48. The average Bonchev–Trinajstić information content (AvgIpc) is 2.33. The molecular weight excluding hydrogens is 212 g/mol. The average molecular weight is 236 g/mol. The summed E-state index contributed by atoms with van der Waals surface area (Å²) in [7, 11) is 0. The van der Waals surface area contributed by atoms with Gasteiger partial charge in [-0.1, -0.05) is 37.7 Å². The zero-order valence-corrected chi connectivity index (χ0v) is 10.8. The number of carbonyl (C=O) groups excluding carboxylic acids is 1. The van der Waals surface area contributed by atoms with E-state index in [-0.39, 0.29) is 0 Å². The second kappa shape index (κ2) is 13.0. The van der Waals surface area contributed by atoms with Crippen LogP contribution in [0, 0.1) is 11.8 Å². The van der Waals surface area contributed by atoms with Crippen molar-refractivity contribution in [1.82, 2.24) is 0 Å². The molecule has 0 amide bonds. The highest BCUT2D eigenvalue weighted by Crippen LogP contribution is 2.02. The van der Waals surface area contributed by atoms with Crippen molar-refractivity contribution in [2.45, 2.75) is 64.4 Å². The lowest BCUT2D eigenvalue weighted by molar-refractivity contribution is -0.107. The van der Waals surface area contributed by atoms with Crippen LogP contribution in [-0.4, -0.2) is 17.5 Å². The van der Waals surface area contributed by atoms with Crippen molar-refractivity contribution in [3.63, 3.8) is 0 Å². The number of hydrogen-bond donors (Lipinski definition) is 1. The smallest absolute Gasteiger partial charge is 0.119 e. The van der Waals surface area contributed by atoms with E-state index in [4.69, 9.17) is 0 Å². The Labute approximate surface area is 105 Å². The van der Waals surface area contributed by atoms with E-state index in [1.54, 1.807) is 6.08 Å². The highest BCUT2D eigenvalue weighted by atomic mass is 16.3. The predicted octanol–water partition coefficient (Wildman–Crippen LogP) is 3.25. The molecule has 0 heterocycles. The van der Waals surface area contributed by atoms with Crippen LogP contribution in [0.15, 0.2) is 12.2 Å². The SMILES string of the molecule is CCCCCC(O)C#C/C=C/CCCCC=O. The van der Waals surface area contributed by atoms with Gasteiger partial charge in [0.15, 0.2) is 0 Å². The molecule has 0 aliphatic heterocycles. The Morgan fingerprint density at radius 3 is 2.65 bits per heavy atom. The zero-order valence-electron chi connectivity index (χ0n) is 10.8. The molecule has 96 valence electrons. The third-order valence-electron chi connectivity index (χ3n) is 2.48. The van der Waals surface area contributed by atoms with E-state index in [1.165, 1.54) is 6.42 Å². The van der Waals surface area contributed by atoms with Crippen molar-refractivity contribution in [3.8, 4) is 11.8 Å². The Balaban J connectivity index is 3.50. The molecule has 0 fully saturated rings. The molecule has 0 saturated carbocycles. The summed E-state index contributed by atoms with van der Waals surface area (Å²) in [4.78, 5) is 10.1.